The minimum absolute atomic E-state index is 0.104. The van der Waals surface area contributed by atoms with E-state index < -0.39 is 6.61 Å². The van der Waals surface area contributed by atoms with Crippen LogP contribution in [-0.2, 0) is 18.4 Å². The highest BCUT2D eigenvalue weighted by Crippen LogP contribution is 2.31. The summed E-state index contributed by atoms with van der Waals surface area (Å²) in [6.07, 6.45) is 1.38. The van der Waals surface area contributed by atoms with Crippen LogP contribution < -0.4 is 0 Å². The molecule has 1 rings (SSSR count). The van der Waals surface area contributed by atoms with Crippen LogP contribution in [0.5, 0.6) is 0 Å². The van der Waals surface area contributed by atoms with Crippen LogP contribution >= 0.6 is 34.8 Å². The molecule has 1 aromatic rings. The lowest BCUT2D eigenvalue weighted by molar-refractivity contribution is -0.138. The minimum Gasteiger partial charge on any atom is -0.316 e. The second-order valence-electron chi connectivity index (χ2n) is 3.90. The van der Waals surface area contributed by atoms with Gasteiger partial charge in [0.1, 0.15) is 10.9 Å². The summed E-state index contributed by atoms with van der Waals surface area (Å²) < 4.78 is 29.8. The van der Waals surface area contributed by atoms with Gasteiger partial charge in [0.2, 0.25) is 0 Å². The molecule has 9 heteroatoms. The standard InChI is InChI=1S/C12H12Cl3F2N3O/c1-6(7(13)4-9(14)18-2)11-10(15)8(20(3)19-11)5-21-12(16)17/h4,12H,2,5H2,1,3H3/b7-6-,9-4-. The molecule has 0 radical (unpaired) electrons. The number of hydrogen-bond acceptors (Lipinski definition) is 3. The van der Waals surface area contributed by atoms with Gasteiger partial charge in [-0.05, 0) is 25.3 Å². The molecule has 0 spiro atoms. The number of aromatic nitrogens is 2. The van der Waals surface area contributed by atoms with Gasteiger partial charge in [0.15, 0.2) is 0 Å². The zero-order valence-corrected chi connectivity index (χ0v) is 13.5. The number of halogens is 5. The molecule has 0 amide bonds. The SMILES string of the molecule is C=N/C(Cl)=C\C(Cl)=C(/C)c1nn(C)c(COC(F)F)c1Cl. The largest absolute Gasteiger partial charge is 0.345 e. The Bertz CT molecular complexity index is 597. The van der Waals surface area contributed by atoms with Gasteiger partial charge in [-0.1, -0.05) is 34.8 Å². The highest BCUT2D eigenvalue weighted by atomic mass is 35.5. The fourth-order valence-electron chi connectivity index (χ4n) is 1.44. The first-order valence-electron chi connectivity index (χ1n) is 5.59. The second-order valence-corrected chi connectivity index (χ2v) is 5.08. The Morgan fingerprint density at radius 2 is 2.14 bits per heavy atom. The van der Waals surface area contributed by atoms with E-state index in [1.54, 1.807) is 14.0 Å². The molecule has 116 valence electrons. The van der Waals surface area contributed by atoms with E-state index in [9.17, 15) is 8.78 Å². The van der Waals surface area contributed by atoms with Gasteiger partial charge in [0.05, 0.1) is 17.3 Å². The molecular weight excluding hydrogens is 347 g/mol. The van der Waals surface area contributed by atoms with E-state index >= 15 is 0 Å². The van der Waals surface area contributed by atoms with Crippen LogP contribution in [0.1, 0.15) is 18.3 Å². The van der Waals surface area contributed by atoms with Crippen molar-refractivity contribution in [3.63, 3.8) is 0 Å². The van der Waals surface area contributed by atoms with Gasteiger partial charge in [-0.25, -0.2) is 0 Å². The number of hydrogen-bond donors (Lipinski definition) is 0. The Morgan fingerprint density at radius 3 is 2.67 bits per heavy atom. The summed E-state index contributed by atoms with van der Waals surface area (Å²) in [6.45, 7) is 1.67. The fraction of sp³-hybridized carbons (Fsp3) is 0.333. The summed E-state index contributed by atoms with van der Waals surface area (Å²) in [6, 6.07) is 0. The Hall–Kier alpha value is -0.950. The van der Waals surface area contributed by atoms with E-state index in [1.165, 1.54) is 10.8 Å². The van der Waals surface area contributed by atoms with Crippen molar-refractivity contribution in [1.29, 1.82) is 0 Å². The Balaban J connectivity index is 3.17. The number of rotatable bonds is 6. The third kappa shape index (κ3) is 4.78. The molecule has 0 fully saturated rings. The first-order valence-corrected chi connectivity index (χ1v) is 6.73. The van der Waals surface area contributed by atoms with E-state index in [4.69, 9.17) is 34.8 Å². The molecule has 1 heterocycles. The molecule has 0 saturated carbocycles. The van der Waals surface area contributed by atoms with Crippen molar-refractivity contribution in [2.45, 2.75) is 20.1 Å². The Kier molecular flexibility index (Phi) is 6.80. The fourth-order valence-corrected chi connectivity index (χ4v) is 2.16. The summed E-state index contributed by atoms with van der Waals surface area (Å²) in [5.41, 5.74) is 1.18. The maximum atomic E-state index is 12.1. The highest BCUT2D eigenvalue weighted by Gasteiger charge is 2.18. The average Bonchev–Trinajstić information content (AvgIpc) is 2.70. The van der Waals surface area contributed by atoms with Crippen LogP contribution in [0.15, 0.2) is 21.3 Å². The summed E-state index contributed by atoms with van der Waals surface area (Å²) in [7, 11) is 1.56. The summed E-state index contributed by atoms with van der Waals surface area (Å²) in [4.78, 5) is 3.49. The zero-order chi connectivity index (χ0) is 16.2. The summed E-state index contributed by atoms with van der Waals surface area (Å²) in [5, 5.41) is 4.69. The van der Waals surface area contributed by atoms with Crippen molar-refractivity contribution < 1.29 is 13.5 Å². The molecule has 0 N–H and O–H groups in total. The molecule has 0 aliphatic carbocycles. The summed E-state index contributed by atoms with van der Waals surface area (Å²) in [5.74, 6) is 0. The van der Waals surface area contributed by atoms with Crippen molar-refractivity contribution in [3.05, 3.63) is 32.7 Å². The van der Waals surface area contributed by atoms with Crippen LogP contribution in [0.25, 0.3) is 5.57 Å². The number of aliphatic imine (C=N–C) groups is 1. The van der Waals surface area contributed by atoms with E-state index in [0.29, 0.717) is 17.0 Å². The molecule has 0 saturated heterocycles. The van der Waals surface area contributed by atoms with Gasteiger partial charge >= 0.3 is 6.61 Å². The predicted molar refractivity (Wildman–Crippen MR) is 80.9 cm³/mol. The molecule has 21 heavy (non-hydrogen) atoms. The molecule has 0 bridgehead atoms. The van der Waals surface area contributed by atoms with Gasteiger partial charge < -0.3 is 4.74 Å². The second kappa shape index (κ2) is 7.89. The normalized spacial score (nSPS) is 13.6. The minimum atomic E-state index is -2.89. The number of alkyl halides is 2. The molecular formula is C12H12Cl3F2N3O. The monoisotopic (exact) mass is 357 g/mol. The predicted octanol–water partition coefficient (Wildman–Crippen LogP) is 4.56. The van der Waals surface area contributed by atoms with Gasteiger partial charge in [-0.15, -0.1) is 0 Å². The number of nitrogens with zero attached hydrogens (tertiary/aromatic N) is 3. The van der Waals surface area contributed by atoms with Gasteiger partial charge in [0.25, 0.3) is 0 Å². The number of ether oxygens (including phenoxy) is 1. The van der Waals surface area contributed by atoms with E-state index in [1.807, 2.05) is 0 Å². The molecule has 0 aliphatic heterocycles. The van der Waals surface area contributed by atoms with Crippen molar-refractivity contribution in [1.82, 2.24) is 9.78 Å². The third-order valence-corrected chi connectivity index (χ3v) is 3.58. The van der Waals surface area contributed by atoms with Crippen LogP contribution in [0.4, 0.5) is 8.78 Å². The molecule has 4 nitrogen and oxygen atoms in total. The topological polar surface area (TPSA) is 39.4 Å². The molecule has 0 unspecified atom stereocenters. The summed E-state index contributed by atoms with van der Waals surface area (Å²) >= 11 is 17.9. The lowest BCUT2D eigenvalue weighted by Crippen LogP contribution is -2.04. The zero-order valence-electron chi connectivity index (χ0n) is 11.2. The van der Waals surface area contributed by atoms with Crippen molar-refractivity contribution in [3.8, 4) is 0 Å². The van der Waals surface area contributed by atoms with Gasteiger partial charge in [-0.3, -0.25) is 9.67 Å². The third-order valence-electron chi connectivity index (χ3n) is 2.56. The molecule has 0 atom stereocenters. The van der Waals surface area contributed by atoms with E-state index in [0.717, 1.165) is 0 Å². The van der Waals surface area contributed by atoms with Crippen LogP contribution in [0.3, 0.4) is 0 Å². The lowest BCUT2D eigenvalue weighted by Gasteiger charge is -2.03. The molecule has 1 aromatic heterocycles. The lowest BCUT2D eigenvalue weighted by atomic mass is 10.2. The van der Waals surface area contributed by atoms with Crippen molar-refractivity contribution in [2.75, 3.05) is 0 Å². The van der Waals surface area contributed by atoms with Crippen LogP contribution in [-0.4, -0.2) is 23.1 Å². The Morgan fingerprint density at radius 1 is 1.52 bits per heavy atom. The molecule has 0 aromatic carbocycles. The average molecular weight is 359 g/mol. The maximum absolute atomic E-state index is 12.1. The highest BCUT2D eigenvalue weighted by molar-refractivity contribution is 6.38. The Labute approximate surface area is 135 Å². The van der Waals surface area contributed by atoms with Crippen LogP contribution in [0, 0.1) is 0 Å². The van der Waals surface area contributed by atoms with Crippen molar-refractivity contribution >= 4 is 47.1 Å². The quantitative estimate of drug-likeness (QED) is 0.425. The molecule has 0 aliphatic rings. The smallest absolute Gasteiger partial charge is 0.316 e. The first-order chi connectivity index (χ1) is 9.77. The van der Waals surface area contributed by atoms with Gasteiger partial charge in [-0.2, -0.15) is 13.9 Å². The number of allylic oxidation sites excluding steroid dienone is 3. The first kappa shape index (κ1) is 18.1. The van der Waals surface area contributed by atoms with Gasteiger partial charge in [0, 0.05) is 12.1 Å². The maximum Gasteiger partial charge on any atom is 0.345 e. The van der Waals surface area contributed by atoms with E-state index in [-0.39, 0.29) is 21.8 Å². The van der Waals surface area contributed by atoms with Crippen LogP contribution in [0.2, 0.25) is 5.02 Å². The van der Waals surface area contributed by atoms with E-state index in [2.05, 4.69) is 21.5 Å². The van der Waals surface area contributed by atoms with Crippen molar-refractivity contribution in [2.24, 2.45) is 12.0 Å². The number of aryl methyl sites for hydroxylation is 1.